The molecule has 1 aromatic carbocycles. The van der Waals surface area contributed by atoms with Gasteiger partial charge in [0.25, 0.3) is 0 Å². The van der Waals surface area contributed by atoms with Gasteiger partial charge >= 0.3 is 0 Å². The molecule has 6 heteroatoms. The van der Waals surface area contributed by atoms with Gasteiger partial charge in [0.2, 0.25) is 5.82 Å². The summed E-state index contributed by atoms with van der Waals surface area (Å²) in [6.45, 7) is 0. The summed E-state index contributed by atoms with van der Waals surface area (Å²) in [4.78, 5) is 1.40. The number of rotatable bonds is 3. The largest absolute Gasteiger partial charge is 0.329 e. The van der Waals surface area contributed by atoms with Gasteiger partial charge in [-0.15, -0.1) is 5.10 Å². The normalized spacial score (nSPS) is 18.1. The number of nitrogens with zero attached hydrogens (tertiary/aromatic N) is 4. The van der Waals surface area contributed by atoms with Gasteiger partial charge in [-0.2, -0.15) is 4.68 Å². The summed E-state index contributed by atoms with van der Waals surface area (Å²) < 4.78 is 1.87. The molecule has 0 saturated heterocycles. The van der Waals surface area contributed by atoms with Gasteiger partial charge in [-0.3, -0.25) is 0 Å². The molecule has 0 bridgehead atoms. The van der Waals surface area contributed by atoms with Gasteiger partial charge in [-0.1, -0.05) is 18.0 Å². The zero-order valence-corrected chi connectivity index (χ0v) is 13.3. The lowest BCUT2D eigenvalue weighted by atomic mass is 9.80. The van der Waals surface area contributed by atoms with Gasteiger partial charge in [0.05, 0.1) is 19.8 Å². The Kier molecular flexibility index (Phi) is 3.95. The average molecular weight is 307 g/mol. The van der Waals surface area contributed by atoms with E-state index in [0.717, 1.165) is 29.4 Å². The lowest BCUT2D eigenvalue weighted by Gasteiger charge is -2.38. The average Bonchev–Trinajstić information content (AvgIpc) is 2.98. The van der Waals surface area contributed by atoms with Crippen molar-refractivity contribution in [2.45, 2.75) is 37.6 Å². The maximum Gasteiger partial charge on any atom is 0.217 e. The van der Waals surface area contributed by atoms with E-state index >= 15 is 0 Å². The van der Waals surface area contributed by atoms with Crippen molar-refractivity contribution in [3.63, 3.8) is 0 Å². The van der Waals surface area contributed by atoms with E-state index in [1.165, 1.54) is 24.2 Å². The minimum absolute atomic E-state index is 0.00138. The lowest BCUT2D eigenvalue weighted by Crippen LogP contribution is -3.14. The van der Waals surface area contributed by atoms with Gasteiger partial charge in [-0.25, -0.2) is 0 Å². The third kappa shape index (κ3) is 2.56. The molecule has 0 aliphatic heterocycles. The fraction of sp³-hybridized carbons (Fsp3) is 0.533. The third-order valence-corrected chi connectivity index (χ3v) is 4.88. The molecule has 0 spiro atoms. The van der Waals surface area contributed by atoms with Crippen molar-refractivity contribution in [1.29, 1.82) is 0 Å². The van der Waals surface area contributed by atoms with Crippen LogP contribution in [0, 0.1) is 0 Å². The minimum atomic E-state index is 0.00138. The summed E-state index contributed by atoms with van der Waals surface area (Å²) in [6.07, 6.45) is 6.03. The Bertz CT molecular complexity index is 599. The molecule has 0 amide bonds. The number of aromatic nitrogens is 4. The van der Waals surface area contributed by atoms with Gasteiger partial charge in [0.1, 0.15) is 0 Å². The molecule has 1 aromatic heterocycles. The molecular formula is C15H21ClN5+. The summed E-state index contributed by atoms with van der Waals surface area (Å²) in [5.41, 5.74) is 0.965. The van der Waals surface area contributed by atoms with Crippen molar-refractivity contribution in [3.8, 4) is 5.69 Å². The SMILES string of the molecule is C[NH+](C)C1(c2nnnn2-c2ccc(Cl)cc2)CCCCC1. The number of hydrogen-bond donors (Lipinski definition) is 1. The standard InChI is InChI=1S/C15H20ClN5/c1-20(2)15(10-4-3-5-11-15)14-17-18-19-21(14)13-8-6-12(16)7-9-13/h6-9H,3-5,10-11H2,1-2H3/p+1. The Labute approximate surface area is 129 Å². The van der Waals surface area contributed by atoms with Gasteiger partial charge in [0, 0.05) is 17.9 Å². The molecule has 2 aromatic rings. The first-order valence-corrected chi connectivity index (χ1v) is 7.87. The van der Waals surface area contributed by atoms with Crippen molar-refractivity contribution in [1.82, 2.24) is 20.2 Å². The highest BCUT2D eigenvalue weighted by Crippen LogP contribution is 2.33. The molecule has 1 heterocycles. The summed E-state index contributed by atoms with van der Waals surface area (Å²) >= 11 is 5.97. The first-order valence-electron chi connectivity index (χ1n) is 7.49. The van der Waals surface area contributed by atoms with Crippen LogP contribution in [0.4, 0.5) is 0 Å². The highest BCUT2D eigenvalue weighted by molar-refractivity contribution is 6.30. The second-order valence-corrected chi connectivity index (χ2v) is 6.47. The van der Waals surface area contributed by atoms with Crippen LogP contribution in [0.3, 0.4) is 0 Å². The molecule has 1 N–H and O–H groups in total. The lowest BCUT2D eigenvalue weighted by molar-refractivity contribution is -0.927. The molecule has 3 rings (SSSR count). The molecule has 0 unspecified atom stereocenters. The summed E-state index contributed by atoms with van der Waals surface area (Å²) in [7, 11) is 4.40. The Morgan fingerprint density at radius 2 is 1.76 bits per heavy atom. The third-order valence-electron chi connectivity index (χ3n) is 4.63. The van der Waals surface area contributed by atoms with E-state index in [4.69, 9.17) is 11.6 Å². The van der Waals surface area contributed by atoms with Crippen LogP contribution < -0.4 is 4.90 Å². The van der Waals surface area contributed by atoms with Crippen molar-refractivity contribution >= 4 is 11.6 Å². The highest BCUT2D eigenvalue weighted by atomic mass is 35.5. The van der Waals surface area contributed by atoms with Crippen LogP contribution in [-0.4, -0.2) is 34.3 Å². The smallest absolute Gasteiger partial charge is 0.217 e. The molecule has 0 atom stereocenters. The Morgan fingerprint density at radius 1 is 1.10 bits per heavy atom. The fourth-order valence-corrected chi connectivity index (χ4v) is 3.47. The predicted molar refractivity (Wildman–Crippen MR) is 81.7 cm³/mol. The van der Waals surface area contributed by atoms with E-state index < -0.39 is 0 Å². The van der Waals surface area contributed by atoms with Crippen LogP contribution in [0.2, 0.25) is 5.02 Å². The van der Waals surface area contributed by atoms with E-state index in [9.17, 15) is 0 Å². The molecule has 5 nitrogen and oxygen atoms in total. The highest BCUT2D eigenvalue weighted by Gasteiger charge is 2.45. The van der Waals surface area contributed by atoms with Crippen LogP contribution >= 0.6 is 11.6 Å². The van der Waals surface area contributed by atoms with Crippen molar-refractivity contribution in [3.05, 3.63) is 35.1 Å². The van der Waals surface area contributed by atoms with Crippen LogP contribution in [0.25, 0.3) is 5.69 Å². The first kappa shape index (κ1) is 14.5. The first-order chi connectivity index (χ1) is 10.1. The molecular weight excluding hydrogens is 286 g/mol. The number of halogens is 1. The minimum Gasteiger partial charge on any atom is -0.329 e. The van der Waals surface area contributed by atoms with Gasteiger partial charge < -0.3 is 4.90 Å². The molecule has 0 radical (unpaired) electrons. The summed E-state index contributed by atoms with van der Waals surface area (Å²) in [5, 5.41) is 13.3. The second kappa shape index (κ2) is 5.73. The molecule has 1 fully saturated rings. The van der Waals surface area contributed by atoms with Crippen molar-refractivity contribution in [2.24, 2.45) is 0 Å². The second-order valence-electron chi connectivity index (χ2n) is 6.03. The number of tetrazole rings is 1. The van der Waals surface area contributed by atoms with Crippen molar-refractivity contribution in [2.75, 3.05) is 14.1 Å². The van der Waals surface area contributed by atoms with Gasteiger partial charge in [-0.05, 0) is 47.5 Å². The van der Waals surface area contributed by atoms with Gasteiger partial charge in [0.15, 0.2) is 5.54 Å². The molecule has 1 saturated carbocycles. The number of nitrogens with one attached hydrogen (secondary N) is 1. The Hall–Kier alpha value is -1.46. The van der Waals surface area contributed by atoms with E-state index in [1.54, 1.807) is 0 Å². The molecule has 1 aliphatic carbocycles. The molecule has 112 valence electrons. The topological polar surface area (TPSA) is 48.0 Å². The predicted octanol–water partition coefficient (Wildman–Crippen LogP) is 1.62. The quantitative estimate of drug-likeness (QED) is 0.937. The fourth-order valence-electron chi connectivity index (χ4n) is 3.34. The van der Waals surface area contributed by atoms with Crippen LogP contribution in [0.5, 0.6) is 0 Å². The monoisotopic (exact) mass is 306 g/mol. The van der Waals surface area contributed by atoms with E-state index in [-0.39, 0.29) is 5.54 Å². The summed E-state index contributed by atoms with van der Waals surface area (Å²) in [6, 6.07) is 7.67. The van der Waals surface area contributed by atoms with Crippen LogP contribution in [0.1, 0.15) is 37.9 Å². The zero-order valence-electron chi connectivity index (χ0n) is 12.5. The molecule has 21 heavy (non-hydrogen) atoms. The van der Waals surface area contributed by atoms with E-state index in [1.807, 2.05) is 28.9 Å². The number of hydrogen-bond acceptors (Lipinski definition) is 3. The van der Waals surface area contributed by atoms with E-state index in [0.29, 0.717) is 0 Å². The number of benzene rings is 1. The summed E-state index contributed by atoms with van der Waals surface area (Å²) in [5.74, 6) is 0.963. The van der Waals surface area contributed by atoms with Crippen LogP contribution in [-0.2, 0) is 5.54 Å². The van der Waals surface area contributed by atoms with E-state index in [2.05, 4.69) is 29.6 Å². The van der Waals surface area contributed by atoms with Crippen molar-refractivity contribution < 1.29 is 4.90 Å². The maximum atomic E-state index is 5.97. The maximum absolute atomic E-state index is 5.97. The Morgan fingerprint density at radius 3 is 2.38 bits per heavy atom. The zero-order chi connectivity index (χ0) is 14.9. The molecule has 1 aliphatic rings. The Balaban J connectivity index is 2.06. The van der Waals surface area contributed by atoms with Crippen LogP contribution in [0.15, 0.2) is 24.3 Å². The number of quaternary nitrogens is 1.